The van der Waals surface area contributed by atoms with E-state index in [-0.39, 0.29) is 29.4 Å². The van der Waals surface area contributed by atoms with Gasteiger partial charge in [0.2, 0.25) is 26.0 Å². The quantitative estimate of drug-likeness (QED) is 0.460. The number of benzene rings is 3. The van der Waals surface area contributed by atoms with E-state index in [1.807, 2.05) is 18.2 Å². The minimum Gasteiger partial charge on any atom is -0.351 e. The number of amides is 1. The highest BCUT2D eigenvalue weighted by Crippen LogP contribution is 2.18. The van der Waals surface area contributed by atoms with E-state index >= 15 is 0 Å². The molecule has 0 radical (unpaired) electrons. The summed E-state index contributed by atoms with van der Waals surface area (Å²) in [6.45, 7) is -0.187. The highest BCUT2D eigenvalue weighted by molar-refractivity contribution is 7.89. The third-order valence-corrected chi connectivity index (χ3v) is 8.73. The maximum absolute atomic E-state index is 13.2. The van der Waals surface area contributed by atoms with Crippen molar-refractivity contribution in [1.29, 1.82) is 0 Å². The van der Waals surface area contributed by atoms with Gasteiger partial charge in [-0.15, -0.1) is 0 Å². The summed E-state index contributed by atoms with van der Waals surface area (Å²) in [6, 6.07) is 23.2. The first kappa shape index (κ1) is 25.6. The van der Waals surface area contributed by atoms with Crippen LogP contribution in [0.3, 0.4) is 0 Å². The van der Waals surface area contributed by atoms with Gasteiger partial charge in [-0.25, -0.2) is 21.1 Å². The van der Waals surface area contributed by atoms with E-state index in [0.717, 1.165) is 14.2 Å². The number of nitrogens with one attached hydrogen (secondary N) is 1. The van der Waals surface area contributed by atoms with E-state index in [4.69, 9.17) is 0 Å². The van der Waals surface area contributed by atoms with Crippen molar-refractivity contribution in [1.82, 2.24) is 13.9 Å². The van der Waals surface area contributed by atoms with Gasteiger partial charge in [-0.05, 0) is 35.4 Å². The summed E-state index contributed by atoms with van der Waals surface area (Å²) in [7, 11) is -4.54. The Bertz CT molecular complexity index is 1310. The minimum atomic E-state index is -3.91. The van der Waals surface area contributed by atoms with Crippen LogP contribution in [0.1, 0.15) is 11.1 Å². The maximum atomic E-state index is 13.2. The van der Waals surface area contributed by atoms with Gasteiger partial charge in [0.25, 0.3) is 0 Å². The molecule has 3 aromatic rings. The fraction of sp³-hybridized carbons (Fsp3) is 0.208. The topological polar surface area (TPSA) is 104 Å². The lowest BCUT2D eigenvalue weighted by Crippen LogP contribution is -2.40. The largest absolute Gasteiger partial charge is 0.351 e. The van der Waals surface area contributed by atoms with Gasteiger partial charge in [-0.1, -0.05) is 60.7 Å². The Balaban J connectivity index is 1.72. The van der Waals surface area contributed by atoms with Gasteiger partial charge < -0.3 is 5.32 Å². The van der Waals surface area contributed by atoms with Crippen LogP contribution in [-0.2, 0) is 37.9 Å². The highest BCUT2D eigenvalue weighted by atomic mass is 32.2. The first-order valence-electron chi connectivity index (χ1n) is 10.5. The van der Waals surface area contributed by atoms with E-state index in [2.05, 4.69) is 5.32 Å². The lowest BCUT2D eigenvalue weighted by molar-refractivity contribution is -0.121. The Kier molecular flexibility index (Phi) is 8.21. The van der Waals surface area contributed by atoms with Gasteiger partial charge in [0, 0.05) is 27.2 Å². The number of hydrogen-bond acceptors (Lipinski definition) is 5. The van der Waals surface area contributed by atoms with Crippen LogP contribution in [0.2, 0.25) is 0 Å². The zero-order valence-electron chi connectivity index (χ0n) is 19.0. The second kappa shape index (κ2) is 10.9. The number of carbonyl (C=O) groups excluding carboxylic acids is 1. The molecular formula is C24H27N3O5S2. The van der Waals surface area contributed by atoms with E-state index in [0.29, 0.717) is 5.56 Å². The van der Waals surface area contributed by atoms with Crippen molar-refractivity contribution >= 4 is 26.0 Å². The van der Waals surface area contributed by atoms with Crippen LogP contribution in [0.15, 0.2) is 94.7 Å². The molecule has 0 spiro atoms. The van der Waals surface area contributed by atoms with Crippen molar-refractivity contribution in [3.8, 4) is 0 Å². The Morgan fingerprint density at radius 2 is 1.24 bits per heavy atom. The maximum Gasteiger partial charge on any atom is 0.243 e. The first-order chi connectivity index (χ1) is 16.1. The fourth-order valence-electron chi connectivity index (χ4n) is 3.16. The normalized spacial score (nSPS) is 12.1. The molecule has 1 N–H and O–H groups in total. The number of carbonyl (C=O) groups is 1. The van der Waals surface area contributed by atoms with Crippen LogP contribution < -0.4 is 5.32 Å². The van der Waals surface area contributed by atoms with Gasteiger partial charge in [0.15, 0.2) is 0 Å². The minimum absolute atomic E-state index is 0.0442. The monoisotopic (exact) mass is 501 g/mol. The van der Waals surface area contributed by atoms with Crippen LogP contribution in [-0.4, -0.2) is 52.0 Å². The molecule has 0 atom stereocenters. The second-order valence-electron chi connectivity index (χ2n) is 7.78. The van der Waals surface area contributed by atoms with Gasteiger partial charge in [-0.2, -0.15) is 4.31 Å². The summed E-state index contributed by atoms with van der Waals surface area (Å²) < 4.78 is 53.1. The Morgan fingerprint density at radius 1 is 0.706 bits per heavy atom. The molecule has 3 rings (SSSR count). The lowest BCUT2D eigenvalue weighted by atomic mass is 10.2. The molecular weight excluding hydrogens is 474 g/mol. The summed E-state index contributed by atoms with van der Waals surface area (Å²) in [5, 5.41) is 2.71. The van der Waals surface area contributed by atoms with Crippen molar-refractivity contribution in [2.24, 2.45) is 0 Å². The molecule has 0 aromatic heterocycles. The summed E-state index contributed by atoms with van der Waals surface area (Å²) in [4.78, 5) is 12.9. The van der Waals surface area contributed by atoms with Crippen LogP contribution in [0.4, 0.5) is 0 Å². The molecule has 8 nitrogen and oxygen atoms in total. The SMILES string of the molecule is CN(C)S(=O)(=O)c1ccc(CNC(=O)CN(Cc2ccccc2)S(=O)(=O)c2ccccc2)cc1. The van der Waals surface area contributed by atoms with Crippen LogP contribution >= 0.6 is 0 Å². The molecule has 0 saturated carbocycles. The molecule has 0 aliphatic rings. The molecule has 0 unspecified atom stereocenters. The van der Waals surface area contributed by atoms with E-state index in [1.54, 1.807) is 42.5 Å². The van der Waals surface area contributed by atoms with Gasteiger partial charge in [0.05, 0.1) is 16.3 Å². The number of sulfonamides is 2. The van der Waals surface area contributed by atoms with Crippen molar-refractivity contribution < 1.29 is 21.6 Å². The predicted molar refractivity (Wildman–Crippen MR) is 130 cm³/mol. The predicted octanol–water partition coefficient (Wildman–Crippen LogP) is 2.44. The molecule has 180 valence electrons. The standard InChI is InChI=1S/C24H27N3O5S2/c1-26(2)33(29,30)23-15-13-20(14-16-23)17-25-24(28)19-27(18-21-9-5-3-6-10-21)34(31,32)22-11-7-4-8-12-22/h3-16H,17-19H2,1-2H3,(H,25,28). The van der Waals surface area contributed by atoms with Crippen LogP contribution in [0.5, 0.6) is 0 Å². The molecule has 0 saturated heterocycles. The number of hydrogen-bond donors (Lipinski definition) is 1. The Labute approximate surface area is 200 Å². The lowest BCUT2D eigenvalue weighted by Gasteiger charge is -2.22. The van der Waals surface area contributed by atoms with Crippen LogP contribution in [0.25, 0.3) is 0 Å². The molecule has 3 aromatic carbocycles. The zero-order valence-corrected chi connectivity index (χ0v) is 20.6. The number of nitrogens with zero attached hydrogens (tertiary/aromatic N) is 2. The fourth-order valence-corrected chi connectivity index (χ4v) is 5.47. The third-order valence-electron chi connectivity index (χ3n) is 5.09. The molecule has 0 aliphatic heterocycles. The molecule has 0 fully saturated rings. The Morgan fingerprint density at radius 3 is 1.79 bits per heavy atom. The smallest absolute Gasteiger partial charge is 0.243 e. The summed E-state index contributed by atoms with van der Waals surface area (Å²) in [5.74, 6) is -0.472. The summed E-state index contributed by atoms with van der Waals surface area (Å²) in [6.07, 6.45) is 0. The zero-order chi connectivity index (χ0) is 24.8. The van der Waals surface area contributed by atoms with Gasteiger partial charge in [-0.3, -0.25) is 4.79 Å². The molecule has 0 heterocycles. The molecule has 0 aliphatic carbocycles. The van der Waals surface area contributed by atoms with Gasteiger partial charge in [0.1, 0.15) is 0 Å². The van der Waals surface area contributed by atoms with Crippen molar-refractivity contribution in [3.63, 3.8) is 0 Å². The molecule has 0 bridgehead atoms. The molecule has 10 heteroatoms. The highest BCUT2D eigenvalue weighted by Gasteiger charge is 2.26. The van der Waals surface area contributed by atoms with E-state index in [9.17, 15) is 21.6 Å². The van der Waals surface area contributed by atoms with Crippen molar-refractivity contribution in [2.75, 3.05) is 20.6 Å². The first-order valence-corrected chi connectivity index (χ1v) is 13.4. The average Bonchev–Trinajstić information content (AvgIpc) is 2.83. The van der Waals surface area contributed by atoms with Gasteiger partial charge >= 0.3 is 0 Å². The second-order valence-corrected chi connectivity index (χ2v) is 11.9. The summed E-state index contributed by atoms with van der Waals surface area (Å²) >= 11 is 0. The van der Waals surface area contributed by atoms with E-state index < -0.39 is 26.0 Å². The number of rotatable bonds is 10. The van der Waals surface area contributed by atoms with Crippen molar-refractivity contribution in [3.05, 3.63) is 96.1 Å². The molecule has 34 heavy (non-hydrogen) atoms. The molecule has 1 amide bonds. The van der Waals surface area contributed by atoms with Crippen molar-refractivity contribution in [2.45, 2.75) is 22.9 Å². The van der Waals surface area contributed by atoms with E-state index in [1.165, 1.54) is 38.4 Å². The third kappa shape index (κ3) is 6.29. The Hall–Kier alpha value is -3.05. The summed E-state index contributed by atoms with van der Waals surface area (Å²) in [5.41, 5.74) is 1.44. The average molecular weight is 502 g/mol. The van der Waals surface area contributed by atoms with Crippen LogP contribution in [0, 0.1) is 0 Å².